The minimum absolute atomic E-state index is 0.441. The van der Waals surface area contributed by atoms with Crippen LogP contribution < -0.4 is 10.4 Å². The smallest absolute Gasteiger partial charge is 0.242 e. The predicted octanol–water partition coefficient (Wildman–Crippen LogP) is 0.900. The van der Waals surface area contributed by atoms with Crippen molar-refractivity contribution in [2.45, 2.75) is 4.90 Å². The van der Waals surface area contributed by atoms with E-state index in [1.165, 1.54) is 21.0 Å². The minimum Gasteiger partial charge on any atom is -0.242 e. The Labute approximate surface area is 132 Å². The maximum atomic E-state index is 4.37. The van der Waals surface area contributed by atoms with E-state index in [9.17, 15) is 0 Å². The lowest BCUT2D eigenvalue weighted by Gasteiger charge is -2.13. The lowest BCUT2D eigenvalue weighted by atomic mass is 10.3. The largest absolute Gasteiger partial charge is 0.282 e. The van der Waals surface area contributed by atoms with E-state index in [-0.39, 0.29) is 0 Å². The Balaban J connectivity index is 2.01. The van der Waals surface area contributed by atoms with Crippen molar-refractivity contribution >= 4 is 45.2 Å². The number of benzene rings is 2. The second kappa shape index (κ2) is 6.47. The summed E-state index contributed by atoms with van der Waals surface area (Å²) < 4.78 is 1.96. The third kappa shape index (κ3) is 2.92. The van der Waals surface area contributed by atoms with Crippen LogP contribution in [0.4, 0.5) is 0 Å². The quantitative estimate of drug-likeness (QED) is 0.667. The van der Waals surface area contributed by atoms with Crippen LogP contribution in [0, 0.1) is 0 Å². The Hall–Kier alpha value is -1.25. The van der Waals surface area contributed by atoms with E-state index < -0.39 is 9.52 Å². The summed E-state index contributed by atoms with van der Waals surface area (Å²) in [6.45, 7) is 0. The molecule has 1 radical (unpaired) electrons. The molecule has 0 aliphatic heterocycles. The van der Waals surface area contributed by atoms with Crippen molar-refractivity contribution in [3.05, 3.63) is 67.0 Å². The van der Waals surface area contributed by atoms with Gasteiger partial charge in [-0.3, -0.25) is 0 Å². The van der Waals surface area contributed by atoms with E-state index in [4.69, 9.17) is 0 Å². The molecule has 0 atom stereocenters. The second-order valence-electron chi connectivity index (χ2n) is 4.52. The highest BCUT2D eigenvalue weighted by Gasteiger charge is 2.09. The summed E-state index contributed by atoms with van der Waals surface area (Å²) >= 11 is 1.93. The van der Waals surface area contributed by atoms with Gasteiger partial charge in [-0.2, -0.15) is 5.10 Å². The molecule has 0 unspecified atom stereocenters. The third-order valence-corrected chi connectivity index (χ3v) is 6.94. The molecule has 1 aromatic heterocycles. The maximum Gasteiger partial charge on any atom is 0.282 e. The van der Waals surface area contributed by atoms with E-state index in [0.717, 1.165) is 0 Å². The molecule has 0 amide bonds. The Bertz CT molecular complexity index is 686. The van der Waals surface area contributed by atoms with Crippen LogP contribution in [0.2, 0.25) is 0 Å². The van der Waals surface area contributed by atoms with Crippen LogP contribution in [-0.4, -0.2) is 34.5 Å². The summed E-state index contributed by atoms with van der Waals surface area (Å²) in [7, 11) is 1.40. The molecule has 0 N–H and O–H groups in total. The Kier molecular flexibility index (Phi) is 4.44. The molecule has 0 spiro atoms. The zero-order chi connectivity index (χ0) is 13.8. The lowest BCUT2D eigenvalue weighted by Crippen LogP contribution is -2.29. The Morgan fingerprint density at radius 3 is 2.55 bits per heavy atom. The first-order valence-electron chi connectivity index (χ1n) is 6.46. The summed E-state index contributed by atoms with van der Waals surface area (Å²) in [5.74, 6) is 0. The van der Waals surface area contributed by atoms with Crippen LogP contribution in [0.1, 0.15) is 0 Å². The van der Waals surface area contributed by atoms with Crippen molar-refractivity contribution in [2.75, 3.05) is 0 Å². The number of hydrogen-bond acceptors (Lipinski definition) is 2. The summed E-state index contributed by atoms with van der Waals surface area (Å²) in [4.78, 5) is 1.37. The highest BCUT2D eigenvalue weighted by Crippen LogP contribution is 2.20. The molecule has 0 aliphatic rings. The Morgan fingerprint density at radius 1 is 1.00 bits per heavy atom. The number of aromatic nitrogens is 2. The Morgan fingerprint density at radius 2 is 1.85 bits per heavy atom. The monoisotopic (exact) mass is 309 g/mol. The zero-order valence-corrected chi connectivity index (χ0v) is 14.7. The summed E-state index contributed by atoms with van der Waals surface area (Å²) in [5, 5.41) is 7.33. The van der Waals surface area contributed by atoms with Gasteiger partial charge in [-0.15, -0.1) is 0 Å². The predicted molar refractivity (Wildman–Crippen MR) is 90.8 cm³/mol. The van der Waals surface area contributed by atoms with Gasteiger partial charge in [0.25, 0.3) is 15.2 Å². The van der Waals surface area contributed by atoms with Crippen molar-refractivity contribution in [1.29, 1.82) is 0 Å². The van der Waals surface area contributed by atoms with E-state index in [2.05, 4.69) is 53.6 Å². The third-order valence-electron chi connectivity index (χ3n) is 3.21. The lowest BCUT2D eigenvalue weighted by molar-refractivity contribution is 0.865. The molecule has 3 rings (SSSR count). The van der Waals surface area contributed by atoms with Gasteiger partial charge in [-0.1, -0.05) is 47.7 Å². The molecule has 0 saturated carbocycles. The van der Waals surface area contributed by atoms with Crippen molar-refractivity contribution in [1.82, 2.24) is 9.78 Å². The first-order valence-corrected chi connectivity index (χ1v) is 10.6. The molecule has 0 saturated heterocycles. The molecule has 3 aromatic rings. The molecule has 5 heteroatoms. The summed E-state index contributed by atoms with van der Waals surface area (Å²) in [6.07, 6.45) is 3.83. The fourth-order valence-electron chi connectivity index (χ4n) is 2.28. The van der Waals surface area contributed by atoms with Gasteiger partial charge < -0.3 is 0 Å². The second-order valence-corrected chi connectivity index (χ2v) is 8.02. The number of nitrogens with zero attached hydrogens (tertiary/aromatic N) is 2. The van der Waals surface area contributed by atoms with Gasteiger partial charge in [0, 0.05) is 17.3 Å². The first-order chi connectivity index (χ1) is 9.88. The van der Waals surface area contributed by atoms with Crippen molar-refractivity contribution in [3.8, 4) is 5.69 Å². The van der Waals surface area contributed by atoms with E-state index in [0.29, 0.717) is 0 Å². The van der Waals surface area contributed by atoms with Crippen LogP contribution >= 0.6 is 10.1 Å². The average molecular weight is 309 g/mol. The molecule has 2 aromatic carbocycles. The molecule has 1 heterocycles. The topological polar surface area (TPSA) is 17.8 Å². The standard InChI is InChI=1S/C15H14N2SSi.Al.H/c18-15-13(17-11-5-10-16-17)8-4-9-14(15)19-12-6-2-1-3-7-12;;/h1-11,18H,19H2;;/q;+1;/p-1. The molecule has 0 bridgehead atoms. The van der Waals surface area contributed by atoms with Gasteiger partial charge in [0.2, 0.25) is 0 Å². The van der Waals surface area contributed by atoms with Gasteiger partial charge in [0.05, 0.1) is 15.2 Å². The zero-order valence-electron chi connectivity index (χ0n) is 11.1. The van der Waals surface area contributed by atoms with E-state index in [1.807, 2.05) is 48.4 Å². The van der Waals surface area contributed by atoms with Crippen LogP contribution in [0.25, 0.3) is 5.69 Å². The van der Waals surface area contributed by atoms with Gasteiger partial charge in [-0.25, -0.2) is 14.8 Å². The molecule has 0 fully saturated rings. The van der Waals surface area contributed by atoms with Crippen LogP contribution in [-0.2, 0) is 0 Å². The molecule has 0 aliphatic carbocycles. The van der Waals surface area contributed by atoms with Gasteiger partial charge in [-0.05, 0) is 17.3 Å². The molecule has 20 heavy (non-hydrogen) atoms. The average Bonchev–Trinajstić information content (AvgIpc) is 3.02. The van der Waals surface area contributed by atoms with Crippen molar-refractivity contribution < 1.29 is 0 Å². The first kappa shape index (κ1) is 13.7. The summed E-state index contributed by atoms with van der Waals surface area (Å²) in [5.41, 5.74) is 1.19. The normalized spacial score (nSPS) is 11.2. The van der Waals surface area contributed by atoms with Crippen molar-refractivity contribution in [2.24, 2.45) is 0 Å². The summed E-state index contributed by atoms with van der Waals surface area (Å²) in [6, 6.07) is 19.3. The van der Waals surface area contributed by atoms with E-state index >= 15 is 0 Å². The van der Waals surface area contributed by atoms with Gasteiger partial charge in [0.15, 0.2) is 0 Å². The minimum atomic E-state index is -0.441. The highest BCUT2D eigenvalue weighted by atomic mass is 32.3. The van der Waals surface area contributed by atoms with Crippen LogP contribution in [0.5, 0.6) is 0 Å². The number of rotatable bonds is 4. The van der Waals surface area contributed by atoms with Crippen molar-refractivity contribution in [3.63, 3.8) is 0 Å². The number of hydrogen-bond donors (Lipinski definition) is 0. The van der Waals surface area contributed by atoms with Gasteiger partial charge >= 0.3 is 0 Å². The highest BCUT2D eigenvalue weighted by molar-refractivity contribution is 8.19. The molecule has 97 valence electrons. The van der Waals surface area contributed by atoms with Crippen LogP contribution in [0.15, 0.2) is 71.9 Å². The molecule has 2 nitrogen and oxygen atoms in total. The molecular weight excluding hydrogens is 295 g/mol. The molecular formula is C15H14AlN2SSi. The maximum absolute atomic E-state index is 4.37. The van der Waals surface area contributed by atoms with E-state index in [1.54, 1.807) is 0 Å². The van der Waals surface area contributed by atoms with Crippen LogP contribution in [0.3, 0.4) is 0 Å². The fraction of sp³-hybridized carbons (Fsp3) is 0. The fourth-order valence-corrected chi connectivity index (χ4v) is 6.53. The SMILES string of the molecule is [AlH][S]c1c([SiH2]c2ccccc2)cccc1-n1cccn1. The van der Waals surface area contributed by atoms with Gasteiger partial charge in [0.1, 0.15) is 0 Å².